The number of halogens is 2. The molecule has 15 nitrogen and oxygen atoms in total. The number of amides is 1. The van der Waals surface area contributed by atoms with Crippen LogP contribution in [0.15, 0.2) is 36.1 Å². The van der Waals surface area contributed by atoms with E-state index >= 15 is 0 Å². The van der Waals surface area contributed by atoms with Gasteiger partial charge in [-0.15, -0.1) is 11.3 Å². The number of anilines is 1. The van der Waals surface area contributed by atoms with Gasteiger partial charge in [-0.05, 0) is 79.4 Å². The molecule has 0 aliphatic heterocycles. The van der Waals surface area contributed by atoms with Crippen molar-refractivity contribution in [1.29, 1.82) is 0 Å². The molecule has 0 aromatic carbocycles. The molecule has 1 fully saturated rings. The summed E-state index contributed by atoms with van der Waals surface area (Å²) in [5, 5.41) is 22.4. The van der Waals surface area contributed by atoms with E-state index < -0.39 is 43.3 Å². The van der Waals surface area contributed by atoms with Crippen molar-refractivity contribution in [3.8, 4) is 22.0 Å². The van der Waals surface area contributed by atoms with Crippen LogP contribution >= 0.6 is 19.2 Å². The monoisotopic (exact) mass is 761 g/mol. The number of aromatic nitrogens is 6. The van der Waals surface area contributed by atoms with Crippen molar-refractivity contribution in [2.45, 2.75) is 91.2 Å². The number of aliphatic carboxylic acids is 1. The average Bonchev–Trinajstić information content (AvgIpc) is 3.77. The van der Waals surface area contributed by atoms with E-state index in [-0.39, 0.29) is 64.5 Å². The fraction of sp³-hybridized carbons (Fsp3) is 0.484. The Hall–Kier alpha value is -2.93. The predicted octanol–water partition coefficient (Wildman–Crippen LogP) is 2.53. The first-order valence-electron chi connectivity index (χ1n) is 15.7. The first kappa shape index (κ1) is 42.5. The maximum atomic E-state index is 14.8. The number of thiazole rings is 1. The van der Waals surface area contributed by atoms with Crippen molar-refractivity contribution >= 4 is 36.7 Å². The van der Waals surface area contributed by atoms with Crippen molar-refractivity contribution in [3.63, 3.8) is 0 Å². The van der Waals surface area contributed by atoms with Gasteiger partial charge in [-0.25, -0.2) is 23.6 Å². The van der Waals surface area contributed by atoms with Crippen LogP contribution in [0.2, 0.25) is 0 Å². The minimum Gasteiger partial charge on any atom is -0.550 e. The van der Waals surface area contributed by atoms with Crippen molar-refractivity contribution < 1.29 is 76.3 Å². The number of nitrogens with one attached hydrogen (secondary N) is 1. The first-order chi connectivity index (χ1) is 23.4. The molecule has 0 spiro atoms. The zero-order chi connectivity index (χ0) is 36.8. The number of carbonyl (C=O) groups excluding carboxylic acids is 2. The molecule has 0 radical (unpaired) electrons. The van der Waals surface area contributed by atoms with Crippen molar-refractivity contribution in [2.75, 3.05) is 11.9 Å². The SMILES string of the molecule is CC(=O)[O-].CCOC1CCC(n2cc(NC(=O)c3csc(-c4cnn(C(C)OP(=O)(O)OC(C)(C)C)c4)n3)c(-c3nc(F)ccc3F)n2)CC1.[Na+]. The van der Waals surface area contributed by atoms with Crippen LogP contribution in [0.1, 0.15) is 90.0 Å². The molecular formula is C31H39F2N7NaO8PS. The van der Waals surface area contributed by atoms with Crippen LogP contribution in [0, 0.1) is 11.8 Å². The molecule has 51 heavy (non-hydrogen) atoms. The summed E-state index contributed by atoms with van der Waals surface area (Å²) in [7, 11) is -4.37. The van der Waals surface area contributed by atoms with Gasteiger partial charge in [0.2, 0.25) is 5.95 Å². The second-order valence-electron chi connectivity index (χ2n) is 12.3. The smallest absolute Gasteiger partial charge is 0.550 e. The number of carboxylic acids is 1. The van der Waals surface area contributed by atoms with E-state index in [1.807, 2.05) is 6.92 Å². The maximum absolute atomic E-state index is 14.8. The Bertz CT molecular complexity index is 1840. The number of phosphoric acid groups is 1. The van der Waals surface area contributed by atoms with Gasteiger partial charge in [0.25, 0.3) is 5.91 Å². The third-order valence-corrected chi connectivity index (χ3v) is 9.31. The summed E-state index contributed by atoms with van der Waals surface area (Å²) in [6.45, 7) is 9.98. The molecule has 5 rings (SSSR count). The summed E-state index contributed by atoms with van der Waals surface area (Å²) < 4.78 is 60.3. The molecular weight excluding hydrogens is 722 g/mol. The van der Waals surface area contributed by atoms with Gasteiger partial charge in [-0.3, -0.25) is 18.5 Å². The fourth-order valence-corrected chi connectivity index (χ4v) is 7.09. The van der Waals surface area contributed by atoms with E-state index in [0.717, 1.165) is 44.7 Å². The molecule has 1 aliphatic rings. The summed E-state index contributed by atoms with van der Waals surface area (Å²) in [5.41, 5.74) is -0.458. The topological polar surface area (TPSA) is 196 Å². The van der Waals surface area contributed by atoms with Crippen LogP contribution in [0.3, 0.4) is 0 Å². The molecule has 1 saturated carbocycles. The molecule has 0 bridgehead atoms. The van der Waals surface area contributed by atoms with E-state index in [1.54, 1.807) is 43.2 Å². The third kappa shape index (κ3) is 12.3. The number of carbonyl (C=O) groups is 2. The minimum absolute atomic E-state index is 0. The van der Waals surface area contributed by atoms with Crippen LogP contribution in [-0.2, 0) is 23.1 Å². The number of ether oxygens (including phenoxy) is 1. The third-order valence-electron chi connectivity index (χ3n) is 7.07. The second kappa shape index (κ2) is 18.2. The van der Waals surface area contributed by atoms with Crippen LogP contribution in [0.25, 0.3) is 22.0 Å². The van der Waals surface area contributed by atoms with E-state index in [1.165, 1.54) is 29.1 Å². The number of hydrogen-bond donors (Lipinski definition) is 2. The van der Waals surface area contributed by atoms with Gasteiger partial charge >= 0.3 is 37.4 Å². The van der Waals surface area contributed by atoms with Crippen LogP contribution in [0.5, 0.6) is 0 Å². The zero-order valence-electron chi connectivity index (χ0n) is 29.3. The van der Waals surface area contributed by atoms with Gasteiger partial charge in [0.05, 0.1) is 29.6 Å². The summed E-state index contributed by atoms with van der Waals surface area (Å²) in [4.78, 5) is 40.5. The molecule has 1 aliphatic carbocycles. The van der Waals surface area contributed by atoms with E-state index in [9.17, 15) is 23.0 Å². The summed E-state index contributed by atoms with van der Waals surface area (Å²) in [6.07, 6.45) is 7.05. The van der Waals surface area contributed by atoms with Gasteiger partial charge in [0.15, 0.2) is 12.0 Å². The first-order valence-corrected chi connectivity index (χ1v) is 18.1. The zero-order valence-corrected chi connectivity index (χ0v) is 33.0. The summed E-state index contributed by atoms with van der Waals surface area (Å²) in [5.74, 6) is -3.34. The number of pyridine rings is 1. The minimum atomic E-state index is -4.37. The molecule has 2 unspecified atom stereocenters. The van der Waals surface area contributed by atoms with Crippen LogP contribution < -0.4 is 40.0 Å². The number of rotatable bonds is 11. The Morgan fingerprint density at radius 3 is 2.45 bits per heavy atom. The normalized spacial score (nSPS) is 17.7. The van der Waals surface area contributed by atoms with Crippen LogP contribution in [-0.4, -0.2) is 64.6 Å². The number of nitrogens with zero attached hydrogens (tertiary/aromatic N) is 6. The largest absolute Gasteiger partial charge is 1.00 e. The van der Waals surface area contributed by atoms with E-state index in [2.05, 4.69) is 25.5 Å². The number of hydrogen-bond acceptors (Lipinski definition) is 12. The molecule has 4 aromatic heterocycles. The van der Waals surface area contributed by atoms with Gasteiger partial charge in [0, 0.05) is 35.9 Å². The molecule has 2 N–H and O–H groups in total. The van der Waals surface area contributed by atoms with Crippen molar-refractivity contribution in [2.24, 2.45) is 0 Å². The Morgan fingerprint density at radius 2 is 1.82 bits per heavy atom. The Kier molecular flexibility index (Phi) is 15.2. The standard InChI is InChI=1S/C29H36F2N7O6PS.C2H4O2.Na/c1-6-42-20-9-7-19(8-10-20)38-15-22(26(36-38)25-21(30)11-12-24(31)35-25)33-27(39)23-16-46-28(34-23)18-13-32-37(14-18)17(2)43-45(40,41)44-29(3,4)5;1-2(3)4;/h11-17,19-20H,6-10H2,1-5H3,(H,33,39)(H,40,41);1H3,(H,3,4);/q;;+1/p-1. The molecule has 20 heteroatoms. The van der Waals surface area contributed by atoms with Crippen LogP contribution in [0.4, 0.5) is 14.5 Å². The Labute approximate surface area is 319 Å². The number of phosphoric ester groups is 1. The fourth-order valence-electron chi connectivity index (χ4n) is 5.09. The van der Waals surface area contributed by atoms with Gasteiger partial charge < -0.3 is 24.8 Å². The molecule has 4 heterocycles. The quantitative estimate of drug-likeness (QED) is 0.129. The maximum Gasteiger partial charge on any atom is 1.00 e. The van der Waals surface area contributed by atoms with Gasteiger partial charge in [0.1, 0.15) is 22.1 Å². The van der Waals surface area contributed by atoms with Crippen molar-refractivity contribution in [1.82, 2.24) is 29.5 Å². The van der Waals surface area contributed by atoms with Gasteiger partial charge in [-0.1, -0.05) is 0 Å². The Morgan fingerprint density at radius 1 is 1.16 bits per heavy atom. The molecule has 4 aromatic rings. The summed E-state index contributed by atoms with van der Waals surface area (Å²) in [6, 6.07) is 1.86. The van der Waals surface area contributed by atoms with E-state index in [4.69, 9.17) is 23.7 Å². The molecule has 2 atom stereocenters. The van der Waals surface area contributed by atoms with Gasteiger partial charge in [-0.2, -0.15) is 14.6 Å². The molecule has 272 valence electrons. The average molecular weight is 762 g/mol. The van der Waals surface area contributed by atoms with Crippen molar-refractivity contribution in [3.05, 3.63) is 53.6 Å². The van der Waals surface area contributed by atoms with E-state index in [0.29, 0.717) is 17.2 Å². The molecule has 1 amide bonds. The predicted molar refractivity (Wildman–Crippen MR) is 177 cm³/mol. The molecule has 0 saturated heterocycles. The second-order valence-corrected chi connectivity index (χ2v) is 14.5. The number of carboxylic acid groups (broad SMARTS) is 1. The summed E-state index contributed by atoms with van der Waals surface area (Å²) >= 11 is 1.18. The Balaban J connectivity index is 0.00000133.